The van der Waals surface area contributed by atoms with Gasteiger partial charge in [0.1, 0.15) is 23.4 Å². The van der Waals surface area contributed by atoms with E-state index in [0.717, 1.165) is 53.5 Å². The van der Waals surface area contributed by atoms with Gasteiger partial charge in [-0.05, 0) is 88.4 Å². The number of carbonyl (C=O) groups is 3. The molecule has 46 heavy (non-hydrogen) atoms. The Balaban J connectivity index is 2.11. The molecule has 0 radical (unpaired) electrons. The van der Waals surface area contributed by atoms with E-state index in [0.29, 0.717) is 18.7 Å². The summed E-state index contributed by atoms with van der Waals surface area (Å²) in [6, 6.07) is 18.0. The van der Waals surface area contributed by atoms with Gasteiger partial charge in [-0.1, -0.05) is 86.7 Å². The van der Waals surface area contributed by atoms with E-state index < -0.39 is 23.8 Å². The molecule has 0 aromatic heterocycles. The summed E-state index contributed by atoms with van der Waals surface area (Å²) in [5.74, 6) is -0.617. The van der Waals surface area contributed by atoms with Gasteiger partial charge in [0.25, 0.3) is 5.91 Å². The lowest BCUT2D eigenvalue weighted by Gasteiger charge is -2.35. The third-order valence-electron chi connectivity index (χ3n) is 7.84. The van der Waals surface area contributed by atoms with Gasteiger partial charge in [-0.2, -0.15) is 0 Å². The normalized spacial score (nSPS) is 12.6. The highest BCUT2D eigenvalue weighted by atomic mass is 16.6. The van der Waals surface area contributed by atoms with Gasteiger partial charge in [0.05, 0.1) is 0 Å². The van der Waals surface area contributed by atoms with E-state index in [-0.39, 0.29) is 24.0 Å². The molecule has 2 unspecified atom stereocenters. The molecule has 3 amide bonds. The van der Waals surface area contributed by atoms with Crippen molar-refractivity contribution >= 4 is 23.6 Å². The maximum absolute atomic E-state index is 14.8. The Morgan fingerprint density at radius 1 is 0.870 bits per heavy atom. The highest BCUT2D eigenvalue weighted by Gasteiger charge is 2.37. The van der Waals surface area contributed by atoms with Gasteiger partial charge < -0.3 is 25.4 Å². The molecule has 0 aliphatic heterocycles. The summed E-state index contributed by atoms with van der Waals surface area (Å²) in [6.45, 7) is 13.6. The number of hydrogen-bond donors (Lipinski definition) is 3. The Labute approximate surface area is 274 Å². The van der Waals surface area contributed by atoms with Crippen LogP contribution in [0.4, 0.5) is 10.5 Å². The number of phenols is 1. The van der Waals surface area contributed by atoms with E-state index in [4.69, 9.17) is 4.74 Å². The number of phenolic OH excluding ortho intramolecular Hbond substituents is 1. The number of carbonyl (C=O) groups excluding carboxylic acids is 3. The minimum atomic E-state index is -1.03. The molecular formula is C38H51N3O5. The van der Waals surface area contributed by atoms with E-state index in [1.54, 1.807) is 49.9 Å². The molecule has 0 saturated heterocycles. The van der Waals surface area contributed by atoms with Crippen LogP contribution in [0.5, 0.6) is 5.75 Å². The number of aryl methyl sites for hydroxylation is 3. The Kier molecular flexibility index (Phi) is 13.2. The van der Waals surface area contributed by atoms with Crippen LogP contribution in [0, 0.1) is 20.8 Å². The molecule has 0 aliphatic rings. The first-order chi connectivity index (χ1) is 21.8. The smallest absolute Gasteiger partial charge is 0.408 e. The van der Waals surface area contributed by atoms with Crippen molar-refractivity contribution < 1.29 is 24.2 Å². The third-order valence-corrected chi connectivity index (χ3v) is 7.84. The predicted molar refractivity (Wildman–Crippen MR) is 184 cm³/mol. The van der Waals surface area contributed by atoms with Crippen molar-refractivity contribution in [3.8, 4) is 5.75 Å². The Hall–Kier alpha value is -4.33. The summed E-state index contributed by atoms with van der Waals surface area (Å²) in [6.07, 6.45) is 4.22. The average molecular weight is 630 g/mol. The van der Waals surface area contributed by atoms with Crippen LogP contribution in [-0.2, 0) is 20.7 Å². The summed E-state index contributed by atoms with van der Waals surface area (Å²) in [5.41, 5.74) is 4.13. The average Bonchev–Trinajstić information content (AvgIpc) is 2.98. The van der Waals surface area contributed by atoms with Crippen LogP contribution >= 0.6 is 0 Å². The molecule has 3 aromatic carbocycles. The number of alkyl carbamates (subject to hydrolysis) is 1. The van der Waals surface area contributed by atoms with Crippen LogP contribution < -0.4 is 10.6 Å². The zero-order valence-electron chi connectivity index (χ0n) is 28.5. The number of para-hydroxylation sites is 1. The number of benzene rings is 3. The quantitative estimate of drug-likeness (QED) is 0.157. The number of aromatic hydroxyl groups is 1. The van der Waals surface area contributed by atoms with Gasteiger partial charge >= 0.3 is 6.09 Å². The van der Waals surface area contributed by atoms with E-state index >= 15 is 0 Å². The van der Waals surface area contributed by atoms with Crippen LogP contribution in [-0.4, -0.2) is 46.1 Å². The molecule has 0 bridgehead atoms. The van der Waals surface area contributed by atoms with Crippen molar-refractivity contribution in [1.82, 2.24) is 10.2 Å². The number of nitrogens with zero attached hydrogens (tertiary/aromatic N) is 1. The minimum absolute atomic E-state index is 0.100. The molecule has 3 N–H and O–H groups in total. The molecule has 0 aliphatic carbocycles. The molecule has 248 valence electrons. The Morgan fingerprint density at radius 3 is 2.20 bits per heavy atom. The van der Waals surface area contributed by atoms with Gasteiger partial charge in [-0.3, -0.25) is 9.59 Å². The summed E-state index contributed by atoms with van der Waals surface area (Å²) < 4.78 is 5.56. The summed E-state index contributed by atoms with van der Waals surface area (Å²) in [7, 11) is 0. The van der Waals surface area contributed by atoms with Crippen LogP contribution in [0.25, 0.3) is 0 Å². The number of anilines is 1. The van der Waals surface area contributed by atoms with Crippen LogP contribution in [0.3, 0.4) is 0 Å². The van der Waals surface area contributed by atoms with E-state index in [1.807, 2.05) is 63.2 Å². The van der Waals surface area contributed by atoms with E-state index in [1.165, 1.54) is 0 Å². The fourth-order valence-corrected chi connectivity index (χ4v) is 5.39. The van der Waals surface area contributed by atoms with Gasteiger partial charge in [-0.25, -0.2) is 4.79 Å². The second-order valence-corrected chi connectivity index (χ2v) is 13.1. The first kappa shape index (κ1) is 36.1. The molecule has 3 rings (SSSR count). The lowest BCUT2D eigenvalue weighted by Crippen LogP contribution is -2.53. The summed E-state index contributed by atoms with van der Waals surface area (Å²) >= 11 is 0. The second-order valence-electron chi connectivity index (χ2n) is 13.1. The molecule has 0 heterocycles. The second kappa shape index (κ2) is 16.8. The lowest BCUT2D eigenvalue weighted by atomic mass is 9.95. The number of ether oxygens (including phenoxy) is 1. The van der Waals surface area contributed by atoms with Crippen molar-refractivity contribution in [2.24, 2.45) is 0 Å². The highest BCUT2D eigenvalue weighted by Crippen LogP contribution is 2.30. The lowest BCUT2D eigenvalue weighted by molar-refractivity contribution is -0.140. The predicted octanol–water partition coefficient (Wildman–Crippen LogP) is 7.93. The first-order valence-corrected chi connectivity index (χ1v) is 16.3. The van der Waals surface area contributed by atoms with Crippen LogP contribution in [0.15, 0.2) is 66.7 Å². The Morgan fingerprint density at radius 2 is 1.54 bits per heavy atom. The molecule has 8 nitrogen and oxygen atoms in total. The molecule has 2 atom stereocenters. The number of hydrogen-bond acceptors (Lipinski definition) is 5. The largest absolute Gasteiger partial charge is 0.508 e. The monoisotopic (exact) mass is 629 g/mol. The number of rotatable bonds is 14. The highest BCUT2D eigenvalue weighted by molar-refractivity contribution is 5.99. The van der Waals surface area contributed by atoms with Gasteiger partial charge in [0.15, 0.2) is 0 Å². The number of nitrogens with one attached hydrogen (secondary N) is 2. The minimum Gasteiger partial charge on any atom is -0.508 e. The maximum atomic E-state index is 14.8. The fourth-order valence-electron chi connectivity index (χ4n) is 5.39. The third kappa shape index (κ3) is 10.9. The van der Waals surface area contributed by atoms with Crippen molar-refractivity contribution in [3.63, 3.8) is 0 Å². The fraction of sp³-hybridized carbons (Fsp3) is 0.447. The zero-order chi connectivity index (χ0) is 33.9. The maximum Gasteiger partial charge on any atom is 0.408 e. The van der Waals surface area contributed by atoms with Crippen molar-refractivity contribution in [2.75, 3.05) is 11.9 Å². The summed E-state index contributed by atoms with van der Waals surface area (Å²) in [5, 5.41) is 15.8. The molecule has 0 fully saturated rings. The van der Waals surface area contributed by atoms with Crippen molar-refractivity contribution in [3.05, 3.63) is 94.5 Å². The molecule has 0 saturated carbocycles. The topological polar surface area (TPSA) is 108 Å². The van der Waals surface area contributed by atoms with E-state index in [2.05, 4.69) is 17.6 Å². The number of amides is 3. The van der Waals surface area contributed by atoms with Crippen molar-refractivity contribution in [2.45, 2.75) is 105 Å². The van der Waals surface area contributed by atoms with Gasteiger partial charge in [0, 0.05) is 18.7 Å². The standard InChI is InChI=1S/C38H51N3O5/c1-8-9-10-11-14-23-41(36(44)33(40-37(45)46-38(5,6)7)25-29-19-21-30(42)22-20-29)34(31-24-26(2)17-18-27(31)3)35(43)39-32-16-13-12-15-28(32)4/h12-13,15-22,24,33-34,42H,8-11,14,23,25H2,1-7H3,(H,39,43)(H,40,45). The molecule has 0 spiro atoms. The number of unbranched alkanes of at least 4 members (excludes halogenated alkanes) is 4. The molecule has 8 heteroatoms. The van der Waals surface area contributed by atoms with Crippen LogP contribution in [0.2, 0.25) is 0 Å². The van der Waals surface area contributed by atoms with Gasteiger partial charge in [0.2, 0.25) is 5.91 Å². The SMILES string of the molecule is CCCCCCCN(C(=O)C(Cc1ccc(O)cc1)NC(=O)OC(C)(C)C)C(C(=O)Nc1ccccc1C)c1cc(C)ccc1C. The zero-order valence-corrected chi connectivity index (χ0v) is 28.5. The van der Waals surface area contributed by atoms with Crippen LogP contribution in [0.1, 0.15) is 93.7 Å². The van der Waals surface area contributed by atoms with Crippen molar-refractivity contribution in [1.29, 1.82) is 0 Å². The van der Waals surface area contributed by atoms with E-state index in [9.17, 15) is 19.5 Å². The van der Waals surface area contributed by atoms with Gasteiger partial charge in [-0.15, -0.1) is 0 Å². The first-order valence-electron chi connectivity index (χ1n) is 16.3. The molecule has 3 aromatic rings. The Bertz CT molecular complexity index is 1460. The molecular weight excluding hydrogens is 578 g/mol. The summed E-state index contributed by atoms with van der Waals surface area (Å²) in [4.78, 5) is 43.9.